The number of hydrogen-bond donors (Lipinski definition) is 2. The van der Waals surface area contributed by atoms with Gasteiger partial charge in [0, 0.05) is 47.5 Å². The predicted octanol–water partition coefficient (Wildman–Crippen LogP) is 2.22. The van der Waals surface area contributed by atoms with Gasteiger partial charge < -0.3 is 21.3 Å². The van der Waals surface area contributed by atoms with E-state index in [2.05, 4.69) is 15.1 Å². The quantitative estimate of drug-likeness (QED) is 0.584. The van der Waals surface area contributed by atoms with Gasteiger partial charge >= 0.3 is 0 Å². The molecule has 10 heteroatoms. The van der Waals surface area contributed by atoms with Crippen LogP contribution in [0.5, 0.6) is 0 Å². The highest BCUT2D eigenvalue weighted by Crippen LogP contribution is 2.32. The summed E-state index contributed by atoms with van der Waals surface area (Å²) in [4.78, 5) is 27.3. The maximum absolute atomic E-state index is 12.5. The van der Waals surface area contributed by atoms with Crippen molar-refractivity contribution in [2.24, 2.45) is 11.5 Å². The molecule has 8 nitrogen and oxygen atoms in total. The molecule has 0 radical (unpaired) electrons. The zero-order valence-electron chi connectivity index (χ0n) is 17.3. The van der Waals surface area contributed by atoms with Crippen molar-refractivity contribution < 1.29 is 9.59 Å². The minimum absolute atomic E-state index is 0. The number of halogens is 2. The molecule has 1 unspecified atom stereocenters. The molecule has 0 bridgehead atoms. The number of nitrogens with two attached hydrogens (primary N) is 2. The van der Waals surface area contributed by atoms with Crippen molar-refractivity contribution in [2.75, 3.05) is 31.1 Å². The fourth-order valence-electron chi connectivity index (χ4n) is 3.82. The number of nitrogens with zero attached hydrogens (tertiary/aromatic N) is 4. The summed E-state index contributed by atoms with van der Waals surface area (Å²) in [5.41, 5.74) is 12.7. The Morgan fingerprint density at radius 2 is 1.59 bits per heavy atom. The van der Waals surface area contributed by atoms with Gasteiger partial charge in [0.15, 0.2) is 5.82 Å². The number of rotatable bonds is 5. The molecule has 3 aromatic rings. The maximum Gasteiger partial charge on any atom is 0.240 e. The monoisotopic (exact) mass is 474 g/mol. The third-order valence-electron chi connectivity index (χ3n) is 5.41. The van der Waals surface area contributed by atoms with Crippen LogP contribution in [-0.4, -0.2) is 59.1 Å². The molecular formula is C22H24Cl2N6O2. The van der Waals surface area contributed by atoms with Crippen LogP contribution in [0.1, 0.15) is 6.42 Å². The van der Waals surface area contributed by atoms with Crippen LogP contribution in [0.3, 0.4) is 0 Å². The van der Waals surface area contributed by atoms with Crippen LogP contribution < -0.4 is 16.4 Å². The van der Waals surface area contributed by atoms with Crippen molar-refractivity contribution in [3.05, 3.63) is 53.6 Å². The number of fused-ring (bicyclic) bond motifs is 1. The average molecular weight is 475 g/mol. The fourth-order valence-corrected chi connectivity index (χ4v) is 3.95. The van der Waals surface area contributed by atoms with Crippen molar-refractivity contribution in [3.8, 4) is 11.3 Å². The van der Waals surface area contributed by atoms with Gasteiger partial charge in [-0.2, -0.15) is 0 Å². The third kappa shape index (κ3) is 4.93. The molecule has 4 N–H and O–H groups in total. The number of hydrogen-bond acceptors (Lipinski definition) is 6. The van der Waals surface area contributed by atoms with E-state index in [-0.39, 0.29) is 24.7 Å². The van der Waals surface area contributed by atoms with E-state index in [4.69, 9.17) is 23.1 Å². The van der Waals surface area contributed by atoms with Gasteiger partial charge in [-0.1, -0.05) is 48.0 Å². The molecule has 0 aliphatic carbocycles. The van der Waals surface area contributed by atoms with Crippen LogP contribution in [0.4, 0.5) is 5.82 Å². The highest BCUT2D eigenvalue weighted by atomic mass is 35.5. The van der Waals surface area contributed by atoms with Gasteiger partial charge in [0.2, 0.25) is 11.8 Å². The number of anilines is 1. The first-order valence-corrected chi connectivity index (χ1v) is 10.4. The van der Waals surface area contributed by atoms with Crippen molar-refractivity contribution in [1.82, 2.24) is 15.1 Å². The Morgan fingerprint density at radius 1 is 0.969 bits per heavy atom. The van der Waals surface area contributed by atoms with Crippen LogP contribution in [-0.2, 0) is 9.59 Å². The first-order chi connectivity index (χ1) is 14.9. The Hall–Kier alpha value is -2.94. The molecule has 1 saturated heterocycles. The Balaban J connectivity index is 0.00000289. The normalized spacial score (nSPS) is 14.7. The van der Waals surface area contributed by atoms with Crippen LogP contribution in [0.15, 0.2) is 48.5 Å². The van der Waals surface area contributed by atoms with Gasteiger partial charge in [0.05, 0.1) is 12.5 Å². The number of primary amides is 1. The second kappa shape index (κ2) is 10.1. The highest BCUT2D eigenvalue weighted by Gasteiger charge is 2.27. The molecule has 0 saturated carbocycles. The van der Waals surface area contributed by atoms with E-state index < -0.39 is 11.9 Å². The zero-order valence-corrected chi connectivity index (χ0v) is 18.9. The predicted molar refractivity (Wildman–Crippen MR) is 128 cm³/mol. The smallest absolute Gasteiger partial charge is 0.240 e. The summed E-state index contributed by atoms with van der Waals surface area (Å²) < 4.78 is 0. The number of amides is 2. The molecule has 2 heterocycles. The standard InChI is InChI=1S/C22H23ClN6O2.ClH/c23-15-7-5-14(6-8-15)20-16-3-1-2-4-17(16)21(27-26-20)28-9-11-29(12-10-28)22(31)18(24)13-19(25)30;/h1-8,18H,9-13,24H2,(H2,25,30);1H. The van der Waals surface area contributed by atoms with Crippen LogP contribution >= 0.6 is 24.0 Å². The molecule has 1 aliphatic rings. The molecule has 2 aromatic carbocycles. The van der Waals surface area contributed by atoms with Crippen molar-refractivity contribution in [3.63, 3.8) is 0 Å². The van der Waals surface area contributed by atoms with Gasteiger partial charge in [0.1, 0.15) is 5.69 Å². The molecule has 1 fully saturated rings. The van der Waals surface area contributed by atoms with Crippen LogP contribution in [0.2, 0.25) is 5.02 Å². The molecule has 4 rings (SSSR count). The first-order valence-electron chi connectivity index (χ1n) is 10.0. The lowest BCUT2D eigenvalue weighted by atomic mass is 10.0. The van der Waals surface area contributed by atoms with E-state index in [1.807, 2.05) is 48.5 Å². The molecular weight excluding hydrogens is 451 g/mol. The zero-order chi connectivity index (χ0) is 22.0. The molecule has 1 atom stereocenters. The van der Waals surface area contributed by atoms with E-state index in [9.17, 15) is 9.59 Å². The van der Waals surface area contributed by atoms with E-state index >= 15 is 0 Å². The minimum Gasteiger partial charge on any atom is -0.370 e. The van der Waals surface area contributed by atoms with Crippen molar-refractivity contribution in [1.29, 1.82) is 0 Å². The van der Waals surface area contributed by atoms with Crippen molar-refractivity contribution in [2.45, 2.75) is 12.5 Å². The van der Waals surface area contributed by atoms with Gasteiger partial charge in [-0.15, -0.1) is 22.6 Å². The lowest BCUT2D eigenvalue weighted by Crippen LogP contribution is -2.54. The molecule has 2 amide bonds. The second-order valence-electron chi connectivity index (χ2n) is 7.51. The van der Waals surface area contributed by atoms with E-state index in [1.165, 1.54) is 0 Å². The average Bonchev–Trinajstić information content (AvgIpc) is 2.78. The van der Waals surface area contributed by atoms with E-state index in [0.29, 0.717) is 31.2 Å². The van der Waals surface area contributed by atoms with Crippen LogP contribution in [0.25, 0.3) is 22.0 Å². The first kappa shape index (κ1) is 23.7. The Morgan fingerprint density at radius 3 is 2.22 bits per heavy atom. The molecule has 1 aliphatic heterocycles. The van der Waals surface area contributed by atoms with Gasteiger partial charge in [-0.3, -0.25) is 9.59 Å². The SMILES string of the molecule is Cl.NC(=O)CC(N)C(=O)N1CCN(c2nnc(-c3ccc(Cl)cc3)c3ccccc23)CC1. The molecule has 168 valence electrons. The Labute approximate surface area is 196 Å². The van der Waals surface area contributed by atoms with E-state index in [0.717, 1.165) is 27.8 Å². The Bertz CT molecular complexity index is 1120. The van der Waals surface area contributed by atoms with Gasteiger partial charge in [-0.25, -0.2) is 0 Å². The summed E-state index contributed by atoms with van der Waals surface area (Å²) in [5, 5.41) is 11.7. The van der Waals surface area contributed by atoms with Crippen molar-refractivity contribution >= 4 is 52.4 Å². The third-order valence-corrected chi connectivity index (χ3v) is 5.67. The lowest BCUT2D eigenvalue weighted by molar-refractivity contribution is -0.134. The number of carbonyl (C=O) groups is 2. The summed E-state index contributed by atoms with van der Waals surface area (Å²) in [6.07, 6.45) is -0.151. The lowest BCUT2D eigenvalue weighted by Gasteiger charge is -2.36. The van der Waals surface area contributed by atoms with Crippen LogP contribution in [0, 0.1) is 0 Å². The maximum atomic E-state index is 12.5. The number of benzene rings is 2. The van der Waals surface area contributed by atoms with Gasteiger partial charge in [-0.05, 0) is 12.1 Å². The largest absolute Gasteiger partial charge is 0.370 e. The summed E-state index contributed by atoms with van der Waals surface area (Å²) in [7, 11) is 0. The Kier molecular flexibility index (Phi) is 7.50. The molecule has 32 heavy (non-hydrogen) atoms. The summed E-state index contributed by atoms with van der Waals surface area (Å²) in [6, 6.07) is 14.6. The molecule has 0 spiro atoms. The van der Waals surface area contributed by atoms with E-state index in [1.54, 1.807) is 4.90 Å². The van der Waals surface area contributed by atoms with Gasteiger partial charge in [0.25, 0.3) is 0 Å². The number of carbonyl (C=O) groups excluding carboxylic acids is 2. The summed E-state index contributed by atoms with van der Waals surface area (Å²) >= 11 is 6.02. The summed E-state index contributed by atoms with van der Waals surface area (Å²) in [5.74, 6) is -0.0590. The minimum atomic E-state index is -0.900. The second-order valence-corrected chi connectivity index (χ2v) is 7.95. The highest BCUT2D eigenvalue weighted by molar-refractivity contribution is 6.30. The summed E-state index contributed by atoms with van der Waals surface area (Å²) in [6.45, 7) is 2.16. The number of piperazine rings is 1. The fraction of sp³-hybridized carbons (Fsp3) is 0.273. The molecule has 1 aromatic heterocycles. The number of aromatic nitrogens is 2. The topological polar surface area (TPSA) is 118 Å².